The third-order valence-corrected chi connectivity index (χ3v) is 4.57. The Labute approximate surface area is 186 Å². The maximum atomic E-state index is 12.2. The van der Waals surface area contributed by atoms with Gasteiger partial charge in [0, 0.05) is 0 Å². The predicted molar refractivity (Wildman–Crippen MR) is 129 cm³/mol. The lowest BCUT2D eigenvalue weighted by atomic mass is 10.0. The highest BCUT2D eigenvalue weighted by molar-refractivity contribution is 6.00. The lowest BCUT2D eigenvalue weighted by Crippen LogP contribution is -2.26. The van der Waals surface area contributed by atoms with E-state index >= 15 is 0 Å². The molecule has 0 aliphatic heterocycles. The number of hydrogen-bond donors (Lipinski definition) is 2. The van der Waals surface area contributed by atoms with Crippen LogP contribution in [0.1, 0.15) is 5.56 Å². The maximum absolute atomic E-state index is 12.2. The van der Waals surface area contributed by atoms with Gasteiger partial charge in [-0.3, -0.25) is 15.6 Å². The van der Waals surface area contributed by atoms with E-state index in [1.54, 1.807) is 24.6 Å². The highest BCUT2D eigenvalue weighted by Gasteiger charge is 2.19. The zero-order valence-electron chi connectivity index (χ0n) is 17.3. The third kappa shape index (κ3) is 6.03. The monoisotopic (exact) mass is 422 g/mol. The standard InChI is InChI=1S/C26H22N4O2/c31-25-16-13-21(19-28-30-23-9-5-2-6-10-23)17-26(25)32-24-14-11-20(12-15-24)18-27-29-22-7-3-1-4-8-22/h1-19,26,29-30H/b27-18+,28-19+. The molecule has 1 aliphatic rings. The summed E-state index contributed by atoms with van der Waals surface area (Å²) in [7, 11) is 0. The Hall–Kier alpha value is -4.45. The van der Waals surface area contributed by atoms with E-state index < -0.39 is 6.10 Å². The molecule has 2 N–H and O–H groups in total. The first-order valence-electron chi connectivity index (χ1n) is 10.1. The van der Waals surface area contributed by atoms with Crippen molar-refractivity contribution >= 4 is 29.6 Å². The Kier molecular flexibility index (Phi) is 6.85. The molecule has 4 rings (SSSR count). The Bertz CT molecular complexity index is 1150. The van der Waals surface area contributed by atoms with Gasteiger partial charge in [-0.25, -0.2) is 0 Å². The van der Waals surface area contributed by atoms with Crippen molar-refractivity contribution < 1.29 is 9.53 Å². The molecular weight excluding hydrogens is 400 g/mol. The van der Waals surface area contributed by atoms with Gasteiger partial charge in [-0.15, -0.1) is 0 Å². The van der Waals surface area contributed by atoms with Gasteiger partial charge in [-0.2, -0.15) is 10.2 Å². The smallest absolute Gasteiger partial charge is 0.200 e. The van der Waals surface area contributed by atoms with Crippen LogP contribution in [0.4, 0.5) is 11.4 Å². The fourth-order valence-corrected chi connectivity index (χ4v) is 2.93. The number of allylic oxidation sites excluding steroid dienone is 2. The Morgan fingerprint density at radius 3 is 1.94 bits per heavy atom. The Balaban J connectivity index is 1.34. The van der Waals surface area contributed by atoms with E-state index in [1.165, 1.54) is 6.08 Å². The van der Waals surface area contributed by atoms with E-state index in [4.69, 9.17) is 4.74 Å². The summed E-state index contributed by atoms with van der Waals surface area (Å²) in [4.78, 5) is 12.2. The predicted octanol–water partition coefficient (Wildman–Crippen LogP) is 5.04. The van der Waals surface area contributed by atoms with Crippen LogP contribution in [-0.4, -0.2) is 24.3 Å². The first kappa shape index (κ1) is 20.8. The van der Waals surface area contributed by atoms with Crippen LogP contribution in [0.15, 0.2) is 119 Å². The molecule has 1 unspecified atom stereocenters. The molecule has 0 heterocycles. The van der Waals surface area contributed by atoms with Crippen LogP contribution in [0.25, 0.3) is 0 Å². The van der Waals surface area contributed by atoms with Gasteiger partial charge in [-0.05, 0) is 77.9 Å². The van der Waals surface area contributed by atoms with Gasteiger partial charge in [0.25, 0.3) is 0 Å². The molecule has 1 aliphatic carbocycles. The first-order valence-corrected chi connectivity index (χ1v) is 10.1. The van der Waals surface area contributed by atoms with Crippen molar-refractivity contribution in [2.24, 2.45) is 10.2 Å². The summed E-state index contributed by atoms with van der Waals surface area (Å²) in [6.45, 7) is 0. The zero-order valence-corrected chi connectivity index (χ0v) is 17.3. The quantitative estimate of drug-likeness (QED) is 0.394. The number of benzene rings is 3. The number of nitrogens with one attached hydrogen (secondary N) is 2. The molecule has 0 radical (unpaired) electrons. The first-order chi connectivity index (χ1) is 15.8. The van der Waals surface area contributed by atoms with Gasteiger partial charge in [-0.1, -0.05) is 36.4 Å². The number of rotatable bonds is 8. The van der Waals surface area contributed by atoms with Crippen LogP contribution in [0.5, 0.6) is 5.75 Å². The van der Waals surface area contributed by atoms with Crippen molar-refractivity contribution in [2.75, 3.05) is 10.9 Å². The summed E-state index contributed by atoms with van der Waals surface area (Å²) in [6.07, 6.45) is 7.66. The molecule has 1 atom stereocenters. The Morgan fingerprint density at radius 2 is 1.31 bits per heavy atom. The average molecular weight is 422 g/mol. The number of hydrazone groups is 2. The van der Waals surface area contributed by atoms with Crippen molar-refractivity contribution in [1.29, 1.82) is 0 Å². The lowest BCUT2D eigenvalue weighted by molar-refractivity contribution is -0.119. The zero-order chi connectivity index (χ0) is 22.0. The van der Waals surface area contributed by atoms with Gasteiger partial charge in [0.15, 0.2) is 11.9 Å². The molecule has 32 heavy (non-hydrogen) atoms. The van der Waals surface area contributed by atoms with Crippen molar-refractivity contribution in [3.63, 3.8) is 0 Å². The minimum Gasteiger partial charge on any atom is -0.478 e. The van der Waals surface area contributed by atoms with E-state index in [9.17, 15) is 4.79 Å². The van der Waals surface area contributed by atoms with Crippen LogP contribution in [0.2, 0.25) is 0 Å². The van der Waals surface area contributed by atoms with E-state index in [0.29, 0.717) is 5.75 Å². The molecule has 0 fully saturated rings. The topological polar surface area (TPSA) is 75.1 Å². The van der Waals surface area contributed by atoms with Gasteiger partial charge < -0.3 is 4.74 Å². The highest BCUT2D eigenvalue weighted by atomic mass is 16.5. The molecule has 3 aromatic carbocycles. The van der Waals surface area contributed by atoms with Crippen LogP contribution < -0.4 is 15.6 Å². The number of nitrogens with zero attached hydrogens (tertiary/aromatic N) is 2. The minimum atomic E-state index is -0.697. The second kappa shape index (κ2) is 10.5. The van der Waals surface area contributed by atoms with Crippen molar-refractivity contribution in [3.05, 3.63) is 114 Å². The lowest BCUT2D eigenvalue weighted by Gasteiger charge is -2.16. The summed E-state index contributed by atoms with van der Waals surface area (Å²) in [5, 5.41) is 8.43. The molecule has 0 aromatic heterocycles. The number of anilines is 2. The fourth-order valence-electron chi connectivity index (χ4n) is 2.93. The molecule has 3 aromatic rings. The molecular formula is C26H22N4O2. The molecule has 0 spiro atoms. The van der Waals surface area contributed by atoms with E-state index in [0.717, 1.165) is 22.5 Å². The van der Waals surface area contributed by atoms with Crippen LogP contribution in [0.3, 0.4) is 0 Å². The summed E-state index contributed by atoms with van der Waals surface area (Å²) >= 11 is 0. The number of hydrogen-bond acceptors (Lipinski definition) is 6. The molecule has 6 heteroatoms. The number of carbonyl (C=O) groups is 1. The van der Waals surface area contributed by atoms with Gasteiger partial charge in [0.05, 0.1) is 23.8 Å². The van der Waals surface area contributed by atoms with Gasteiger partial charge in [0.1, 0.15) is 5.75 Å². The summed E-state index contributed by atoms with van der Waals surface area (Å²) in [5.41, 5.74) is 9.42. The van der Waals surface area contributed by atoms with E-state index in [-0.39, 0.29) is 5.78 Å². The van der Waals surface area contributed by atoms with E-state index in [2.05, 4.69) is 21.1 Å². The molecule has 0 saturated carbocycles. The molecule has 0 amide bonds. The van der Waals surface area contributed by atoms with Gasteiger partial charge in [0.2, 0.25) is 0 Å². The summed E-state index contributed by atoms with van der Waals surface area (Å²) in [6, 6.07) is 26.7. The molecule has 0 saturated heterocycles. The van der Waals surface area contributed by atoms with Crippen molar-refractivity contribution in [1.82, 2.24) is 0 Å². The second-order valence-electron chi connectivity index (χ2n) is 6.98. The number of ketones is 1. The number of carbonyl (C=O) groups excluding carboxylic acids is 1. The maximum Gasteiger partial charge on any atom is 0.200 e. The number of para-hydroxylation sites is 2. The van der Waals surface area contributed by atoms with Crippen LogP contribution >= 0.6 is 0 Å². The van der Waals surface area contributed by atoms with Crippen molar-refractivity contribution in [3.8, 4) is 5.75 Å². The SMILES string of the molecule is O=C1C=CC(/C=N/Nc2ccccc2)=CC1Oc1ccc(/C=N/Nc2ccccc2)cc1. The normalized spacial score (nSPS) is 15.7. The third-order valence-electron chi connectivity index (χ3n) is 4.57. The fraction of sp³-hybridized carbons (Fsp3) is 0.0385. The second-order valence-corrected chi connectivity index (χ2v) is 6.98. The van der Waals surface area contributed by atoms with E-state index in [1.807, 2.05) is 84.9 Å². The van der Waals surface area contributed by atoms with Crippen LogP contribution in [-0.2, 0) is 4.79 Å². The number of ether oxygens (including phenoxy) is 1. The molecule has 6 nitrogen and oxygen atoms in total. The van der Waals surface area contributed by atoms with Gasteiger partial charge >= 0.3 is 0 Å². The minimum absolute atomic E-state index is 0.115. The van der Waals surface area contributed by atoms with Crippen LogP contribution in [0, 0.1) is 0 Å². The Morgan fingerprint density at radius 1 is 0.719 bits per heavy atom. The summed E-state index contributed by atoms with van der Waals surface area (Å²) < 4.78 is 5.87. The van der Waals surface area contributed by atoms with Crippen molar-refractivity contribution in [2.45, 2.75) is 6.10 Å². The molecule has 158 valence electrons. The molecule has 0 bridgehead atoms. The summed E-state index contributed by atoms with van der Waals surface area (Å²) in [5.74, 6) is 0.484. The largest absolute Gasteiger partial charge is 0.478 e. The highest BCUT2D eigenvalue weighted by Crippen LogP contribution is 2.17. The average Bonchev–Trinajstić information content (AvgIpc) is 2.84.